The van der Waals surface area contributed by atoms with Gasteiger partial charge in [-0.15, -0.1) is 5.06 Å². The van der Waals surface area contributed by atoms with Crippen molar-refractivity contribution in [3.8, 4) is 0 Å². The van der Waals surface area contributed by atoms with E-state index in [-0.39, 0.29) is 12.8 Å². The number of rotatable bonds is 3. The van der Waals surface area contributed by atoms with E-state index < -0.39 is 23.8 Å². The SMILES string of the molecule is COC(=O)C=CC(=O)ON1C(=O)CCC1=O. The number of ether oxygens (including phenoxy) is 1. The van der Waals surface area contributed by atoms with Crippen molar-refractivity contribution >= 4 is 23.8 Å². The Kier molecular flexibility index (Phi) is 3.76. The Hall–Kier alpha value is -2.18. The van der Waals surface area contributed by atoms with E-state index in [9.17, 15) is 19.2 Å². The van der Waals surface area contributed by atoms with Gasteiger partial charge in [0.05, 0.1) is 7.11 Å². The quantitative estimate of drug-likeness (QED) is 0.360. The standard InChI is InChI=1S/C9H9NO6/c1-15-8(13)4-5-9(14)16-10-6(11)2-3-7(10)12/h4-5H,2-3H2,1H3. The van der Waals surface area contributed by atoms with Crippen molar-refractivity contribution in [1.29, 1.82) is 0 Å². The number of esters is 1. The molecule has 1 rings (SSSR count). The minimum atomic E-state index is -0.992. The second-order valence-corrected chi connectivity index (χ2v) is 2.85. The molecule has 0 aromatic heterocycles. The van der Waals surface area contributed by atoms with Crippen LogP contribution in [0.3, 0.4) is 0 Å². The zero-order valence-electron chi connectivity index (χ0n) is 8.47. The average Bonchev–Trinajstić information content (AvgIpc) is 2.57. The van der Waals surface area contributed by atoms with Gasteiger partial charge in [0, 0.05) is 25.0 Å². The number of methoxy groups -OCH3 is 1. The molecule has 0 saturated carbocycles. The fourth-order valence-electron chi connectivity index (χ4n) is 0.982. The third kappa shape index (κ3) is 2.91. The molecule has 2 amide bonds. The van der Waals surface area contributed by atoms with Gasteiger partial charge in [0.1, 0.15) is 0 Å². The van der Waals surface area contributed by atoms with Crippen LogP contribution < -0.4 is 0 Å². The van der Waals surface area contributed by atoms with Crippen molar-refractivity contribution in [2.75, 3.05) is 7.11 Å². The molecule has 7 nitrogen and oxygen atoms in total. The highest BCUT2D eigenvalue weighted by molar-refractivity contribution is 6.02. The summed E-state index contributed by atoms with van der Waals surface area (Å²) in [5.41, 5.74) is 0. The Labute approximate surface area is 90.6 Å². The summed E-state index contributed by atoms with van der Waals surface area (Å²) in [7, 11) is 1.14. The first-order valence-corrected chi connectivity index (χ1v) is 4.38. The maximum Gasteiger partial charge on any atom is 0.357 e. The van der Waals surface area contributed by atoms with Gasteiger partial charge in [-0.05, 0) is 0 Å². The number of hydrogen-bond acceptors (Lipinski definition) is 6. The molecule has 0 bridgehead atoms. The van der Waals surface area contributed by atoms with Crippen LogP contribution in [0.25, 0.3) is 0 Å². The van der Waals surface area contributed by atoms with Gasteiger partial charge in [-0.1, -0.05) is 0 Å². The summed E-state index contributed by atoms with van der Waals surface area (Å²) in [5, 5.41) is 0.393. The summed E-state index contributed by atoms with van der Waals surface area (Å²) in [4.78, 5) is 48.2. The maximum absolute atomic E-state index is 11.0. The molecule has 0 radical (unpaired) electrons. The smallest absolute Gasteiger partial charge is 0.357 e. The van der Waals surface area contributed by atoms with Crippen LogP contribution in [0.5, 0.6) is 0 Å². The first kappa shape index (κ1) is 11.9. The van der Waals surface area contributed by atoms with Gasteiger partial charge in [-0.25, -0.2) is 9.59 Å². The summed E-state index contributed by atoms with van der Waals surface area (Å²) >= 11 is 0. The lowest BCUT2D eigenvalue weighted by atomic mass is 10.4. The fourth-order valence-corrected chi connectivity index (χ4v) is 0.982. The van der Waals surface area contributed by atoms with Gasteiger partial charge in [0.15, 0.2) is 0 Å². The lowest BCUT2D eigenvalue weighted by molar-refractivity contribution is -0.193. The number of carbonyl (C=O) groups is 4. The summed E-state index contributed by atoms with van der Waals surface area (Å²) in [6.07, 6.45) is 1.64. The monoisotopic (exact) mass is 227 g/mol. The van der Waals surface area contributed by atoms with Gasteiger partial charge in [-0.2, -0.15) is 0 Å². The zero-order valence-corrected chi connectivity index (χ0v) is 8.47. The molecule has 1 heterocycles. The van der Waals surface area contributed by atoms with Crippen molar-refractivity contribution in [3.05, 3.63) is 12.2 Å². The van der Waals surface area contributed by atoms with Crippen LogP contribution in [0, 0.1) is 0 Å². The van der Waals surface area contributed by atoms with E-state index >= 15 is 0 Å². The molecule has 0 aliphatic carbocycles. The maximum atomic E-state index is 11.0. The number of hydroxylamine groups is 2. The third-order valence-electron chi connectivity index (χ3n) is 1.74. The highest BCUT2D eigenvalue weighted by atomic mass is 16.7. The van der Waals surface area contributed by atoms with Crippen LogP contribution in [0.2, 0.25) is 0 Å². The molecule has 0 N–H and O–H groups in total. The lowest BCUT2D eigenvalue weighted by Gasteiger charge is -2.10. The van der Waals surface area contributed by atoms with Crippen molar-refractivity contribution in [1.82, 2.24) is 5.06 Å². The highest BCUT2D eigenvalue weighted by Gasteiger charge is 2.32. The number of carbonyl (C=O) groups excluding carboxylic acids is 4. The Morgan fingerprint density at radius 1 is 1.12 bits per heavy atom. The van der Waals surface area contributed by atoms with Gasteiger partial charge >= 0.3 is 11.9 Å². The molecule has 86 valence electrons. The van der Waals surface area contributed by atoms with Crippen LogP contribution >= 0.6 is 0 Å². The molecule has 0 atom stereocenters. The van der Waals surface area contributed by atoms with Crippen molar-refractivity contribution < 1.29 is 28.8 Å². The molecule has 0 aromatic carbocycles. The summed E-state index contributed by atoms with van der Waals surface area (Å²) in [6.45, 7) is 0. The van der Waals surface area contributed by atoms with Crippen LogP contribution in [-0.2, 0) is 28.8 Å². The molecule has 0 spiro atoms. The summed E-state index contributed by atoms with van der Waals surface area (Å²) in [6, 6.07) is 0. The van der Waals surface area contributed by atoms with E-state index in [1.165, 1.54) is 0 Å². The third-order valence-corrected chi connectivity index (χ3v) is 1.74. The normalized spacial score (nSPS) is 15.7. The molecule has 0 aromatic rings. The first-order valence-electron chi connectivity index (χ1n) is 4.38. The number of nitrogens with zero attached hydrogens (tertiary/aromatic N) is 1. The van der Waals surface area contributed by atoms with Crippen molar-refractivity contribution in [3.63, 3.8) is 0 Å². The van der Waals surface area contributed by atoms with Crippen LogP contribution in [0.15, 0.2) is 12.2 Å². The molecule has 1 fully saturated rings. The summed E-state index contributed by atoms with van der Waals surface area (Å²) in [5.74, 6) is -2.89. The molecule has 1 saturated heterocycles. The van der Waals surface area contributed by atoms with E-state index in [4.69, 9.17) is 0 Å². The molecule has 1 aliphatic rings. The molecule has 1 aliphatic heterocycles. The summed E-state index contributed by atoms with van der Waals surface area (Å²) < 4.78 is 4.23. The van der Waals surface area contributed by atoms with E-state index in [1.54, 1.807) is 0 Å². The van der Waals surface area contributed by atoms with Crippen LogP contribution in [0.1, 0.15) is 12.8 Å². The first-order chi connectivity index (χ1) is 7.54. The Bertz CT molecular complexity index is 356. The molecule has 0 unspecified atom stereocenters. The van der Waals surface area contributed by atoms with Gasteiger partial charge < -0.3 is 9.57 Å². The van der Waals surface area contributed by atoms with E-state index in [0.717, 1.165) is 19.3 Å². The minimum absolute atomic E-state index is 0.0207. The predicted octanol–water partition coefficient (Wildman–Crippen LogP) is -0.677. The van der Waals surface area contributed by atoms with E-state index in [0.29, 0.717) is 5.06 Å². The molecule has 7 heteroatoms. The predicted molar refractivity (Wildman–Crippen MR) is 48.3 cm³/mol. The lowest BCUT2D eigenvalue weighted by Crippen LogP contribution is -2.31. The molecular weight excluding hydrogens is 218 g/mol. The van der Waals surface area contributed by atoms with Crippen LogP contribution in [0.4, 0.5) is 0 Å². The fraction of sp³-hybridized carbons (Fsp3) is 0.333. The molecular formula is C9H9NO6. The number of hydrogen-bond donors (Lipinski definition) is 0. The second kappa shape index (κ2) is 5.06. The minimum Gasteiger partial charge on any atom is -0.466 e. The zero-order chi connectivity index (χ0) is 12.1. The van der Waals surface area contributed by atoms with Crippen molar-refractivity contribution in [2.45, 2.75) is 12.8 Å². The van der Waals surface area contributed by atoms with Gasteiger partial charge in [-0.3, -0.25) is 9.59 Å². The number of imide groups is 1. The van der Waals surface area contributed by atoms with Crippen molar-refractivity contribution in [2.24, 2.45) is 0 Å². The number of amides is 2. The Balaban J connectivity index is 2.51. The van der Waals surface area contributed by atoms with Gasteiger partial charge in [0.25, 0.3) is 11.8 Å². The van der Waals surface area contributed by atoms with Gasteiger partial charge in [0.2, 0.25) is 0 Å². The van der Waals surface area contributed by atoms with Crippen LogP contribution in [-0.4, -0.2) is 35.9 Å². The Morgan fingerprint density at radius 2 is 1.62 bits per heavy atom. The largest absolute Gasteiger partial charge is 0.466 e. The van der Waals surface area contributed by atoms with E-state index in [1.807, 2.05) is 0 Å². The van der Waals surface area contributed by atoms with E-state index in [2.05, 4.69) is 9.57 Å². The average molecular weight is 227 g/mol. The second-order valence-electron chi connectivity index (χ2n) is 2.85. The Morgan fingerprint density at radius 3 is 2.12 bits per heavy atom. The topological polar surface area (TPSA) is 90.0 Å². The molecule has 16 heavy (non-hydrogen) atoms. The highest BCUT2D eigenvalue weighted by Crippen LogP contribution is 2.11.